The molecule has 4 aromatic rings. The summed E-state index contributed by atoms with van der Waals surface area (Å²) in [6, 6.07) is 27.7. The summed E-state index contributed by atoms with van der Waals surface area (Å²) in [5.74, 6) is 0. The van der Waals surface area contributed by atoms with Crippen LogP contribution in [0, 0.1) is 0 Å². The molecule has 1 unspecified atom stereocenters. The third-order valence-electron chi connectivity index (χ3n) is 6.24. The molecule has 7 rings (SSSR count). The van der Waals surface area contributed by atoms with Gasteiger partial charge in [0, 0.05) is 23.1 Å². The van der Waals surface area contributed by atoms with E-state index in [0.29, 0.717) is 0 Å². The predicted octanol–water partition coefficient (Wildman–Crippen LogP) is 0.713. The first-order chi connectivity index (χ1) is 13.1. The smallest absolute Gasteiger partial charge is 1.00 e. The molecule has 0 N–H and O–H groups in total. The standard InChI is InChI=1S/C16H17NSi.C9H7.2ClH.Zr/c1-11-15-13-9-10-17(12-7-5-4-6-8-12)14(13)16(11)18(15,2)3;1-2-5-9-7-3-6-8(9)4-1;;;/h4-10,16H,1-3H3;1-7H;2*1H;/q;-1;;;+3/p-2. The van der Waals surface area contributed by atoms with Crippen molar-refractivity contribution >= 4 is 24.0 Å². The van der Waals surface area contributed by atoms with Crippen LogP contribution in [0.4, 0.5) is 0 Å². The van der Waals surface area contributed by atoms with Gasteiger partial charge in [0.1, 0.15) is 0 Å². The molecule has 0 fully saturated rings. The first-order valence-electron chi connectivity index (χ1n) is 9.68. The molecule has 1 radical (unpaired) electrons. The average molecular weight is 529 g/mol. The molecular formula is C25H24Cl2NSiZr. The molecule has 151 valence electrons. The zero-order valence-corrected chi connectivity index (χ0v) is 22.3. The van der Waals surface area contributed by atoms with E-state index in [1.54, 1.807) is 16.5 Å². The predicted molar refractivity (Wildman–Crippen MR) is 118 cm³/mol. The van der Waals surface area contributed by atoms with Gasteiger partial charge >= 0.3 is 26.2 Å². The van der Waals surface area contributed by atoms with Crippen LogP contribution >= 0.6 is 0 Å². The second-order valence-corrected chi connectivity index (χ2v) is 12.7. The van der Waals surface area contributed by atoms with E-state index in [-0.39, 0.29) is 51.0 Å². The van der Waals surface area contributed by atoms with Crippen molar-refractivity contribution in [2.75, 3.05) is 0 Å². The fraction of sp³-hybridized carbons (Fsp3) is 0.160. The summed E-state index contributed by atoms with van der Waals surface area (Å²) in [4.78, 5) is 0. The number of benzene rings is 2. The molecule has 30 heavy (non-hydrogen) atoms. The third-order valence-corrected chi connectivity index (χ3v) is 10.3. The van der Waals surface area contributed by atoms with Gasteiger partial charge in [-0.2, -0.15) is 17.5 Å². The first-order valence-corrected chi connectivity index (χ1v) is 12.8. The van der Waals surface area contributed by atoms with Crippen molar-refractivity contribution in [3.63, 3.8) is 0 Å². The van der Waals surface area contributed by atoms with Crippen molar-refractivity contribution in [2.45, 2.75) is 25.6 Å². The minimum absolute atomic E-state index is 0. The number of nitrogens with zero attached hydrogens (tertiary/aromatic N) is 1. The van der Waals surface area contributed by atoms with Crippen LogP contribution in [0.2, 0.25) is 13.1 Å². The zero-order valence-electron chi connectivity index (χ0n) is 17.4. The summed E-state index contributed by atoms with van der Waals surface area (Å²) in [5.41, 5.74) is 6.78. The maximum atomic E-state index is 2.51. The molecule has 1 aliphatic carbocycles. The second-order valence-electron chi connectivity index (χ2n) is 8.19. The molecule has 0 spiro atoms. The maximum Gasteiger partial charge on any atom is 3.00 e. The van der Waals surface area contributed by atoms with Crippen LogP contribution < -0.4 is 24.8 Å². The van der Waals surface area contributed by atoms with Gasteiger partial charge in [-0.05, 0) is 30.7 Å². The van der Waals surface area contributed by atoms with Gasteiger partial charge in [-0.3, -0.25) is 0 Å². The number of allylic oxidation sites excluding steroid dienone is 1. The number of hydrogen-bond acceptors (Lipinski definition) is 0. The molecule has 0 amide bonds. The van der Waals surface area contributed by atoms with Gasteiger partial charge in [0.2, 0.25) is 0 Å². The third kappa shape index (κ3) is 3.75. The van der Waals surface area contributed by atoms with Crippen LogP contribution in [0.15, 0.2) is 90.6 Å². The normalized spacial score (nSPS) is 16.8. The van der Waals surface area contributed by atoms with Gasteiger partial charge in [-0.25, -0.2) is 0 Å². The number of hydrogen-bond donors (Lipinski definition) is 0. The maximum absolute atomic E-state index is 2.51. The van der Waals surface area contributed by atoms with Crippen LogP contribution in [0.5, 0.6) is 0 Å². The van der Waals surface area contributed by atoms with E-state index in [1.807, 2.05) is 0 Å². The van der Waals surface area contributed by atoms with E-state index in [4.69, 9.17) is 0 Å². The van der Waals surface area contributed by atoms with Gasteiger partial charge < -0.3 is 29.4 Å². The number of rotatable bonds is 1. The van der Waals surface area contributed by atoms with Crippen molar-refractivity contribution in [3.05, 3.63) is 102 Å². The molecule has 1 nitrogen and oxygen atoms in total. The molecular weight excluding hydrogens is 504 g/mol. The molecule has 1 aromatic heterocycles. The zero-order chi connectivity index (χ0) is 18.6. The number of fused-ring (bicyclic) bond motifs is 1. The summed E-state index contributed by atoms with van der Waals surface area (Å²) in [7, 11) is -1.17. The monoisotopic (exact) mass is 526 g/mol. The summed E-state index contributed by atoms with van der Waals surface area (Å²) in [5, 5.41) is 4.38. The molecule has 0 saturated heterocycles. The molecule has 5 heteroatoms. The Morgan fingerprint density at radius 1 is 0.867 bits per heavy atom. The second kappa shape index (κ2) is 9.49. The Kier molecular flexibility index (Phi) is 7.91. The van der Waals surface area contributed by atoms with Crippen molar-refractivity contribution in [1.29, 1.82) is 0 Å². The van der Waals surface area contributed by atoms with Crippen molar-refractivity contribution in [1.82, 2.24) is 4.57 Å². The van der Waals surface area contributed by atoms with Crippen LogP contribution in [0.1, 0.15) is 23.7 Å². The van der Waals surface area contributed by atoms with Crippen LogP contribution in [0.3, 0.4) is 0 Å². The van der Waals surface area contributed by atoms with Crippen molar-refractivity contribution in [2.24, 2.45) is 0 Å². The number of aromatic nitrogens is 1. The number of halogens is 2. The Morgan fingerprint density at radius 3 is 2.20 bits per heavy atom. The van der Waals surface area contributed by atoms with Crippen LogP contribution in [-0.2, 0) is 26.2 Å². The Morgan fingerprint density at radius 2 is 1.53 bits per heavy atom. The van der Waals surface area contributed by atoms with E-state index in [9.17, 15) is 0 Å². The molecule has 0 saturated carbocycles. The van der Waals surface area contributed by atoms with Gasteiger partial charge in [-0.1, -0.05) is 48.1 Å². The minimum Gasteiger partial charge on any atom is -1.00 e. The van der Waals surface area contributed by atoms with Gasteiger partial charge in [0.05, 0.1) is 8.07 Å². The average Bonchev–Trinajstić information content (AvgIpc) is 3.40. The first kappa shape index (κ1) is 25.0. The number of para-hydroxylation sites is 1. The minimum atomic E-state index is -1.17. The molecule has 3 aliphatic rings. The van der Waals surface area contributed by atoms with E-state index in [0.717, 1.165) is 5.54 Å². The quantitative estimate of drug-likeness (QED) is 0.254. The van der Waals surface area contributed by atoms with Crippen LogP contribution in [-0.4, -0.2) is 12.6 Å². The topological polar surface area (TPSA) is 4.93 Å². The SMILES string of the molecule is CC1=C2c3ccn(-c4ccccc4)c3C1[Si]2(C)C.[Cl-].[Cl-].[Zr+3].c1ccc2[cH-]ccc2c1. The van der Waals surface area contributed by atoms with Crippen molar-refractivity contribution in [3.8, 4) is 5.69 Å². The fourth-order valence-electron chi connectivity index (χ4n) is 5.20. The van der Waals surface area contributed by atoms with E-state index in [2.05, 4.69) is 110 Å². The van der Waals surface area contributed by atoms with E-state index in [1.165, 1.54) is 22.0 Å². The van der Waals surface area contributed by atoms with E-state index >= 15 is 0 Å². The summed E-state index contributed by atoms with van der Waals surface area (Å²) in [6.45, 7) is 7.35. The van der Waals surface area contributed by atoms with Crippen LogP contribution in [0.25, 0.3) is 21.7 Å². The summed E-state index contributed by atoms with van der Waals surface area (Å²) >= 11 is 0. The van der Waals surface area contributed by atoms with E-state index < -0.39 is 8.07 Å². The largest absolute Gasteiger partial charge is 3.00 e. The van der Waals surface area contributed by atoms with Gasteiger partial charge in [-0.15, -0.1) is 29.7 Å². The van der Waals surface area contributed by atoms with Crippen molar-refractivity contribution < 1.29 is 51.0 Å². The van der Waals surface area contributed by atoms with Gasteiger partial charge in [0.25, 0.3) is 0 Å². The summed E-state index contributed by atoms with van der Waals surface area (Å²) < 4.78 is 2.40. The van der Waals surface area contributed by atoms with Gasteiger partial charge in [0.15, 0.2) is 0 Å². The molecule has 1 atom stereocenters. The Labute approximate surface area is 211 Å². The Hall–Kier alpha value is -1.25. The summed E-state index contributed by atoms with van der Waals surface area (Å²) in [6.07, 6.45) is 2.24. The molecule has 2 aliphatic heterocycles. The molecule has 3 aromatic carbocycles. The molecule has 2 bridgehead atoms. The fourth-order valence-corrected chi connectivity index (χ4v) is 9.53. The molecule has 3 heterocycles. The Balaban J connectivity index is 0.000000230. The Bertz CT molecular complexity index is 1140.